The molecule has 0 radical (unpaired) electrons. The normalized spacial score (nSPS) is 12.7. The summed E-state index contributed by atoms with van der Waals surface area (Å²) in [5.74, 6) is 0.840. The second-order valence-electron chi connectivity index (χ2n) is 3.70. The first-order valence-corrected chi connectivity index (χ1v) is 5.45. The van der Waals surface area contributed by atoms with Crippen molar-refractivity contribution in [3.8, 4) is 0 Å². The molecular weight excluding hydrogens is 224 g/mol. The number of aryl methyl sites for hydroxylation is 1. The number of aliphatic hydroxyl groups excluding tert-OH is 1. The first kappa shape index (κ1) is 11.2. The van der Waals surface area contributed by atoms with Crippen LogP contribution in [0.25, 0.3) is 0 Å². The predicted molar refractivity (Wildman–Crippen MR) is 63.3 cm³/mol. The molecule has 1 aromatic carbocycles. The van der Waals surface area contributed by atoms with Gasteiger partial charge < -0.3 is 9.67 Å². The van der Waals surface area contributed by atoms with Crippen LogP contribution in [0.4, 0.5) is 0 Å². The van der Waals surface area contributed by atoms with Crippen molar-refractivity contribution in [2.75, 3.05) is 0 Å². The second-order valence-corrected chi connectivity index (χ2v) is 4.10. The number of hydrogen-bond donors (Lipinski definition) is 1. The van der Waals surface area contributed by atoms with Crippen molar-refractivity contribution in [3.05, 3.63) is 53.1 Å². The number of rotatable bonds is 3. The molecule has 1 heterocycles. The fraction of sp³-hybridized carbons (Fsp3) is 0.250. The van der Waals surface area contributed by atoms with Gasteiger partial charge in [-0.1, -0.05) is 29.8 Å². The fourth-order valence-electron chi connectivity index (χ4n) is 1.62. The van der Waals surface area contributed by atoms with Crippen LogP contribution in [-0.4, -0.2) is 14.7 Å². The zero-order chi connectivity index (χ0) is 11.5. The first-order valence-electron chi connectivity index (χ1n) is 5.07. The first-order chi connectivity index (χ1) is 7.68. The quantitative estimate of drug-likeness (QED) is 0.889. The number of benzene rings is 1. The summed E-state index contributed by atoms with van der Waals surface area (Å²) in [6, 6.07) is 7.32. The van der Waals surface area contributed by atoms with Gasteiger partial charge in [0.15, 0.2) is 0 Å². The largest absolute Gasteiger partial charge is 0.388 e. The molecule has 84 valence electrons. The summed E-state index contributed by atoms with van der Waals surface area (Å²) in [7, 11) is 1.90. The van der Waals surface area contributed by atoms with E-state index in [2.05, 4.69) is 4.98 Å². The number of imidazole rings is 1. The maximum absolute atomic E-state index is 10.1. The van der Waals surface area contributed by atoms with E-state index in [-0.39, 0.29) is 0 Å². The van der Waals surface area contributed by atoms with E-state index in [1.165, 1.54) is 0 Å². The molecule has 1 N–H and O–H groups in total. The molecule has 2 aromatic rings. The van der Waals surface area contributed by atoms with Gasteiger partial charge in [-0.05, 0) is 11.6 Å². The van der Waals surface area contributed by atoms with Gasteiger partial charge in [0.25, 0.3) is 0 Å². The van der Waals surface area contributed by atoms with E-state index < -0.39 is 6.10 Å². The third kappa shape index (κ3) is 2.26. The lowest BCUT2D eigenvalue weighted by molar-refractivity contribution is 0.175. The molecule has 1 atom stereocenters. The summed E-state index contributed by atoms with van der Waals surface area (Å²) < 4.78 is 1.89. The topological polar surface area (TPSA) is 38.0 Å². The monoisotopic (exact) mass is 236 g/mol. The minimum absolute atomic E-state index is 0.466. The molecule has 1 aromatic heterocycles. The maximum atomic E-state index is 10.1. The van der Waals surface area contributed by atoms with Crippen molar-refractivity contribution in [1.29, 1.82) is 0 Å². The molecule has 16 heavy (non-hydrogen) atoms. The van der Waals surface area contributed by atoms with Crippen LogP contribution in [0.15, 0.2) is 36.7 Å². The number of aliphatic hydroxyl groups is 1. The molecule has 1 unspecified atom stereocenters. The Labute approximate surface area is 99.3 Å². The lowest BCUT2D eigenvalue weighted by Crippen LogP contribution is -2.07. The van der Waals surface area contributed by atoms with Crippen LogP contribution in [0.1, 0.15) is 17.5 Å². The summed E-state index contributed by atoms with van der Waals surface area (Å²) in [6.45, 7) is 0. The van der Waals surface area contributed by atoms with E-state index >= 15 is 0 Å². The van der Waals surface area contributed by atoms with Crippen LogP contribution in [0, 0.1) is 0 Å². The van der Waals surface area contributed by atoms with Gasteiger partial charge in [-0.3, -0.25) is 0 Å². The maximum Gasteiger partial charge on any atom is 0.111 e. The smallest absolute Gasteiger partial charge is 0.111 e. The van der Waals surface area contributed by atoms with Crippen molar-refractivity contribution < 1.29 is 5.11 Å². The van der Waals surface area contributed by atoms with Crippen LogP contribution in [0.2, 0.25) is 5.02 Å². The summed E-state index contributed by atoms with van der Waals surface area (Å²) in [6.07, 6.45) is 3.42. The van der Waals surface area contributed by atoms with Gasteiger partial charge in [0.1, 0.15) is 5.82 Å². The van der Waals surface area contributed by atoms with E-state index in [1.54, 1.807) is 12.3 Å². The molecule has 0 aliphatic carbocycles. The van der Waals surface area contributed by atoms with Crippen LogP contribution < -0.4 is 0 Å². The lowest BCUT2D eigenvalue weighted by Gasteiger charge is -2.12. The Hall–Kier alpha value is -1.32. The van der Waals surface area contributed by atoms with E-state index in [0.29, 0.717) is 11.4 Å². The number of nitrogens with zero attached hydrogens (tertiary/aromatic N) is 2. The Kier molecular flexibility index (Phi) is 3.27. The summed E-state index contributed by atoms with van der Waals surface area (Å²) in [5, 5.41) is 10.6. The minimum atomic E-state index is -0.616. The molecule has 4 heteroatoms. The lowest BCUT2D eigenvalue weighted by atomic mass is 10.1. The van der Waals surface area contributed by atoms with Crippen molar-refractivity contribution in [2.24, 2.45) is 7.05 Å². The van der Waals surface area contributed by atoms with Crippen LogP contribution in [0.3, 0.4) is 0 Å². The molecule has 0 fully saturated rings. The number of halogens is 1. The Morgan fingerprint density at radius 1 is 1.44 bits per heavy atom. The zero-order valence-electron chi connectivity index (χ0n) is 8.97. The van der Waals surface area contributed by atoms with Gasteiger partial charge >= 0.3 is 0 Å². The molecule has 3 nitrogen and oxygen atoms in total. The van der Waals surface area contributed by atoms with Gasteiger partial charge in [0.2, 0.25) is 0 Å². The summed E-state index contributed by atoms with van der Waals surface area (Å²) in [5.41, 5.74) is 0.743. The SMILES string of the molecule is Cn1ccnc1CC(O)c1ccccc1Cl. The third-order valence-electron chi connectivity index (χ3n) is 2.56. The molecule has 2 rings (SSSR count). The highest BCUT2D eigenvalue weighted by molar-refractivity contribution is 6.31. The zero-order valence-corrected chi connectivity index (χ0v) is 9.72. The van der Waals surface area contributed by atoms with E-state index in [0.717, 1.165) is 11.4 Å². The third-order valence-corrected chi connectivity index (χ3v) is 2.91. The van der Waals surface area contributed by atoms with E-state index in [4.69, 9.17) is 11.6 Å². The highest BCUT2D eigenvalue weighted by Gasteiger charge is 2.13. The molecule has 0 aliphatic rings. The van der Waals surface area contributed by atoms with E-state index in [9.17, 15) is 5.11 Å². The molecule has 0 amide bonds. The molecule has 0 bridgehead atoms. The average Bonchev–Trinajstić information content (AvgIpc) is 2.65. The van der Waals surface area contributed by atoms with Gasteiger partial charge in [-0.2, -0.15) is 0 Å². The van der Waals surface area contributed by atoms with Crippen LogP contribution in [0.5, 0.6) is 0 Å². The predicted octanol–water partition coefficient (Wildman–Crippen LogP) is 2.35. The summed E-state index contributed by atoms with van der Waals surface area (Å²) in [4.78, 5) is 4.17. The molecule has 0 spiro atoms. The minimum Gasteiger partial charge on any atom is -0.388 e. The highest BCUT2D eigenvalue weighted by atomic mass is 35.5. The second kappa shape index (κ2) is 4.68. The number of hydrogen-bond acceptors (Lipinski definition) is 2. The summed E-state index contributed by atoms with van der Waals surface area (Å²) >= 11 is 6.01. The molecule has 0 aliphatic heterocycles. The number of aromatic nitrogens is 2. The Bertz CT molecular complexity index is 481. The van der Waals surface area contributed by atoms with Gasteiger partial charge in [0, 0.05) is 30.9 Å². The van der Waals surface area contributed by atoms with Crippen LogP contribution >= 0.6 is 11.6 Å². The fourth-order valence-corrected chi connectivity index (χ4v) is 1.88. The standard InChI is InChI=1S/C12H13ClN2O/c1-15-7-6-14-12(15)8-11(16)9-4-2-3-5-10(9)13/h2-7,11,16H,8H2,1H3. The van der Waals surface area contributed by atoms with Gasteiger partial charge in [0.05, 0.1) is 6.10 Å². The van der Waals surface area contributed by atoms with Gasteiger partial charge in [-0.15, -0.1) is 0 Å². The molecular formula is C12H13ClN2O. The van der Waals surface area contributed by atoms with E-state index in [1.807, 2.05) is 36.0 Å². The molecule has 0 saturated heterocycles. The Balaban J connectivity index is 2.18. The Morgan fingerprint density at radius 3 is 2.81 bits per heavy atom. The molecule has 0 saturated carbocycles. The Morgan fingerprint density at radius 2 is 2.19 bits per heavy atom. The van der Waals surface area contributed by atoms with Crippen molar-refractivity contribution >= 4 is 11.6 Å². The van der Waals surface area contributed by atoms with Crippen molar-refractivity contribution in [1.82, 2.24) is 9.55 Å². The highest BCUT2D eigenvalue weighted by Crippen LogP contribution is 2.24. The van der Waals surface area contributed by atoms with Crippen molar-refractivity contribution in [2.45, 2.75) is 12.5 Å². The van der Waals surface area contributed by atoms with Gasteiger partial charge in [-0.25, -0.2) is 4.98 Å². The average molecular weight is 237 g/mol. The van der Waals surface area contributed by atoms with Crippen LogP contribution in [-0.2, 0) is 13.5 Å². The van der Waals surface area contributed by atoms with Crippen molar-refractivity contribution in [3.63, 3.8) is 0 Å².